The fourth-order valence-corrected chi connectivity index (χ4v) is 3.03. The van der Waals surface area contributed by atoms with Gasteiger partial charge in [0.05, 0.1) is 5.76 Å². The van der Waals surface area contributed by atoms with Gasteiger partial charge in [0.1, 0.15) is 0 Å². The van der Waals surface area contributed by atoms with Gasteiger partial charge in [-0.25, -0.2) is 0 Å². The second kappa shape index (κ2) is 4.32. The zero-order valence-electron chi connectivity index (χ0n) is 10.3. The second-order valence-corrected chi connectivity index (χ2v) is 5.13. The van der Waals surface area contributed by atoms with Crippen molar-refractivity contribution in [3.8, 4) is 0 Å². The number of benzene rings is 1. The van der Waals surface area contributed by atoms with E-state index < -0.39 is 0 Å². The molecule has 1 aliphatic carbocycles. The van der Waals surface area contributed by atoms with E-state index in [1.807, 2.05) is 12.1 Å². The van der Waals surface area contributed by atoms with E-state index in [0.29, 0.717) is 11.7 Å². The smallest absolute Gasteiger partial charge is 0.0897 e. The predicted octanol–water partition coefficient (Wildman–Crippen LogP) is 4.36. The van der Waals surface area contributed by atoms with Crippen molar-refractivity contribution in [1.29, 1.82) is 0 Å². The highest BCUT2D eigenvalue weighted by Crippen LogP contribution is 2.48. The summed E-state index contributed by atoms with van der Waals surface area (Å²) in [4.78, 5) is 0. The minimum absolute atomic E-state index is 0.382. The van der Waals surface area contributed by atoms with E-state index in [9.17, 15) is 5.11 Å². The lowest BCUT2D eigenvalue weighted by molar-refractivity contribution is 0.175. The Morgan fingerprint density at radius 1 is 1.25 bits per heavy atom. The van der Waals surface area contributed by atoms with Crippen LogP contribution in [0.3, 0.4) is 0 Å². The van der Waals surface area contributed by atoms with Crippen LogP contribution in [0.25, 0.3) is 6.08 Å². The first-order valence-corrected chi connectivity index (χ1v) is 6.05. The van der Waals surface area contributed by atoms with E-state index >= 15 is 0 Å². The van der Waals surface area contributed by atoms with E-state index in [2.05, 4.69) is 32.0 Å². The molecule has 2 rings (SSSR count). The third-order valence-corrected chi connectivity index (χ3v) is 3.69. The Kier molecular flexibility index (Phi) is 3.04. The van der Waals surface area contributed by atoms with Crippen LogP contribution in [-0.4, -0.2) is 5.11 Å². The quantitative estimate of drug-likeness (QED) is 0.728. The van der Waals surface area contributed by atoms with Gasteiger partial charge in [-0.2, -0.15) is 0 Å². The van der Waals surface area contributed by atoms with Gasteiger partial charge in [0, 0.05) is 0 Å². The van der Waals surface area contributed by atoms with Gasteiger partial charge in [-0.1, -0.05) is 38.1 Å². The standard InChI is InChI=1S/C15H20O/c1-10-8-11(2)15(10)14-7-5-4-6-13(14)9-12(3)16/h4-7,9-11,15-16H,8H2,1-3H3/b12-9+. The van der Waals surface area contributed by atoms with Gasteiger partial charge >= 0.3 is 0 Å². The van der Waals surface area contributed by atoms with Crippen molar-refractivity contribution >= 4 is 6.08 Å². The van der Waals surface area contributed by atoms with Crippen LogP contribution in [0.4, 0.5) is 0 Å². The maximum absolute atomic E-state index is 9.40. The van der Waals surface area contributed by atoms with Crippen molar-refractivity contribution in [2.24, 2.45) is 11.8 Å². The van der Waals surface area contributed by atoms with Gasteiger partial charge < -0.3 is 5.11 Å². The Labute approximate surface area is 97.8 Å². The highest BCUT2D eigenvalue weighted by Gasteiger charge is 2.36. The third kappa shape index (κ3) is 1.99. The van der Waals surface area contributed by atoms with Gasteiger partial charge in [-0.3, -0.25) is 0 Å². The van der Waals surface area contributed by atoms with Crippen molar-refractivity contribution in [3.63, 3.8) is 0 Å². The first-order chi connectivity index (χ1) is 7.59. The van der Waals surface area contributed by atoms with Gasteiger partial charge in [-0.05, 0) is 48.3 Å². The lowest BCUT2D eigenvalue weighted by Gasteiger charge is -2.42. The summed E-state index contributed by atoms with van der Waals surface area (Å²) in [5, 5.41) is 9.40. The van der Waals surface area contributed by atoms with Crippen molar-refractivity contribution in [2.75, 3.05) is 0 Å². The maximum atomic E-state index is 9.40. The molecule has 86 valence electrons. The number of aliphatic hydroxyl groups is 1. The molecular weight excluding hydrogens is 196 g/mol. The maximum Gasteiger partial charge on any atom is 0.0897 e. The molecule has 1 saturated carbocycles. The molecule has 1 aromatic carbocycles. The minimum Gasteiger partial charge on any atom is -0.513 e. The van der Waals surface area contributed by atoms with E-state index in [0.717, 1.165) is 11.8 Å². The SMILES string of the molecule is C/C(O)=C\c1ccccc1C1C(C)CC1C. The molecule has 1 heteroatoms. The van der Waals surface area contributed by atoms with Gasteiger partial charge in [0.25, 0.3) is 0 Å². The first kappa shape index (κ1) is 11.3. The normalized spacial score (nSPS) is 29.9. The number of allylic oxidation sites excluding steroid dienone is 1. The Hall–Kier alpha value is -1.24. The third-order valence-electron chi connectivity index (χ3n) is 3.69. The zero-order valence-corrected chi connectivity index (χ0v) is 10.3. The monoisotopic (exact) mass is 216 g/mol. The Bertz CT molecular complexity index is 394. The van der Waals surface area contributed by atoms with Crippen molar-refractivity contribution < 1.29 is 5.11 Å². The van der Waals surface area contributed by atoms with Gasteiger partial charge in [-0.15, -0.1) is 0 Å². The summed E-state index contributed by atoms with van der Waals surface area (Å²) in [6.45, 7) is 6.36. The molecule has 0 aliphatic heterocycles. The van der Waals surface area contributed by atoms with Crippen molar-refractivity contribution in [1.82, 2.24) is 0 Å². The summed E-state index contributed by atoms with van der Waals surface area (Å²) in [5.41, 5.74) is 2.56. The number of rotatable bonds is 2. The molecule has 1 fully saturated rings. The fraction of sp³-hybridized carbons (Fsp3) is 0.467. The molecule has 2 atom stereocenters. The van der Waals surface area contributed by atoms with Crippen LogP contribution in [-0.2, 0) is 0 Å². The molecule has 1 N–H and O–H groups in total. The second-order valence-electron chi connectivity index (χ2n) is 5.13. The molecule has 0 spiro atoms. The first-order valence-electron chi connectivity index (χ1n) is 6.05. The van der Waals surface area contributed by atoms with Crippen LogP contribution in [0.2, 0.25) is 0 Å². The van der Waals surface area contributed by atoms with Crippen LogP contribution in [0, 0.1) is 11.8 Å². The topological polar surface area (TPSA) is 20.2 Å². The van der Waals surface area contributed by atoms with Gasteiger partial charge in [0.2, 0.25) is 0 Å². The molecule has 1 nitrogen and oxygen atoms in total. The van der Waals surface area contributed by atoms with E-state index in [-0.39, 0.29) is 0 Å². The largest absolute Gasteiger partial charge is 0.513 e. The molecule has 1 aromatic rings. The molecule has 16 heavy (non-hydrogen) atoms. The summed E-state index contributed by atoms with van der Waals surface area (Å²) in [6.07, 6.45) is 3.19. The minimum atomic E-state index is 0.382. The Morgan fingerprint density at radius 2 is 1.88 bits per heavy atom. The van der Waals surface area contributed by atoms with Crippen molar-refractivity contribution in [2.45, 2.75) is 33.1 Å². The average molecular weight is 216 g/mol. The predicted molar refractivity (Wildman–Crippen MR) is 68.4 cm³/mol. The van der Waals surface area contributed by atoms with E-state index in [1.165, 1.54) is 17.5 Å². The van der Waals surface area contributed by atoms with Crippen LogP contribution in [0.1, 0.15) is 44.2 Å². The van der Waals surface area contributed by atoms with Gasteiger partial charge in [0.15, 0.2) is 0 Å². The van der Waals surface area contributed by atoms with E-state index in [4.69, 9.17) is 0 Å². The Balaban J connectivity index is 2.37. The van der Waals surface area contributed by atoms with Crippen LogP contribution < -0.4 is 0 Å². The van der Waals surface area contributed by atoms with Crippen LogP contribution >= 0.6 is 0 Å². The summed E-state index contributed by atoms with van der Waals surface area (Å²) < 4.78 is 0. The molecule has 0 radical (unpaired) electrons. The molecule has 0 amide bonds. The lowest BCUT2D eigenvalue weighted by atomic mass is 9.63. The number of aliphatic hydroxyl groups excluding tert-OH is 1. The summed E-state index contributed by atoms with van der Waals surface area (Å²) >= 11 is 0. The molecule has 0 aromatic heterocycles. The molecule has 2 unspecified atom stereocenters. The summed E-state index contributed by atoms with van der Waals surface area (Å²) in [7, 11) is 0. The molecule has 0 bridgehead atoms. The molecule has 1 aliphatic rings. The zero-order chi connectivity index (χ0) is 11.7. The number of hydrogen-bond acceptors (Lipinski definition) is 1. The van der Waals surface area contributed by atoms with Crippen LogP contribution in [0.15, 0.2) is 30.0 Å². The van der Waals surface area contributed by atoms with Crippen LogP contribution in [0.5, 0.6) is 0 Å². The Morgan fingerprint density at radius 3 is 2.44 bits per heavy atom. The molecular formula is C15H20O. The summed E-state index contributed by atoms with van der Waals surface area (Å²) in [5.74, 6) is 2.57. The van der Waals surface area contributed by atoms with Crippen molar-refractivity contribution in [3.05, 3.63) is 41.2 Å². The number of hydrogen-bond donors (Lipinski definition) is 1. The molecule has 0 saturated heterocycles. The highest BCUT2D eigenvalue weighted by molar-refractivity contribution is 5.56. The highest BCUT2D eigenvalue weighted by atomic mass is 16.3. The van der Waals surface area contributed by atoms with E-state index in [1.54, 1.807) is 6.92 Å². The lowest BCUT2D eigenvalue weighted by Crippen LogP contribution is -2.31. The summed E-state index contributed by atoms with van der Waals surface area (Å²) in [6, 6.07) is 8.42. The molecule has 0 heterocycles. The average Bonchev–Trinajstić information content (AvgIpc) is 2.20. The fourth-order valence-electron chi connectivity index (χ4n) is 3.03.